The van der Waals surface area contributed by atoms with Crippen LogP contribution in [-0.4, -0.2) is 21.6 Å². The van der Waals surface area contributed by atoms with E-state index in [2.05, 4.69) is 26.7 Å². The number of hydrogen-bond acceptors (Lipinski definition) is 3. The van der Waals surface area contributed by atoms with E-state index in [-0.39, 0.29) is 11.5 Å². The van der Waals surface area contributed by atoms with Gasteiger partial charge in [-0.1, -0.05) is 44.5 Å². The third-order valence-electron chi connectivity index (χ3n) is 5.50. The maximum atomic E-state index is 13.1. The Bertz CT molecular complexity index is 1180. The Morgan fingerprint density at radius 2 is 2.00 bits per heavy atom. The Morgan fingerprint density at radius 3 is 2.58 bits per heavy atom. The van der Waals surface area contributed by atoms with Gasteiger partial charge in [0.1, 0.15) is 17.6 Å². The molecule has 0 spiro atoms. The van der Waals surface area contributed by atoms with Crippen LogP contribution >= 0.6 is 11.6 Å². The van der Waals surface area contributed by atoms with E-state index in [9.17, 15) is 4.79 Å². The smallest absolute Gasteiger partial charge is 0.303 e. The highest BCUT2D eigenvalue weighted by molar-refractivity contribution is 6.32. The van der Waals surface area contributed by atoms with E-state index >= 15 is 0 Å². The highest BCUT2D eigenvalue weighted by Crippen LogP contribution is 2.43. The quantitative estimate of drug-likeness (QED) is 0.495. The van der Waals surface area contributed by atoms with E-state index < -0.39 is 11.9 Å². The van der Waals surface area contributed by atoms with Gasteiger partial charge in [-0.3, -0.25) is 9.69 Å². The van der Waals surface area contributed by atoms with Gasteiger partial charge in [-0.2, -0.15) is 0 Å². The molecule has 0 bridgehead atoms. The van der Waals surface area contributed by atoms with E-state index in [1.54, 1.807) is 17.0 Å². The lowest BCUT2D eigenvalue weighted by molar-refractivity contribution is -0.114. The van der Waals surface area contributed by atoms with Crippen molar-refractivity contribution in [3.63, 3.8) is 0 Å². The van der Waals surface area contributed by atoms with Crippen molar-refractivity contribution in [1.82, 2.24) is 9.55 Å². The molecule has 3 aromatic rings. The lowest BCUT2D eigenvalue weighted by Crippen LogP contribution is -2.42. The van der Waals surface area contributed by atoms with E-state index in [1.807, 2.05) is 41.9 Å². The topological polar surface area (TPSA) is 47.4 Å². The predicted molar refractivity (Wildman–Crippen MR) is 124 cm³/mol. The van der Waals surface area contributed by atoms with Crippen molar-refractivity contribution in [3.05, 3.63) is 53.3 Å². The summed E-state index contributed by atoms with van der Waals surface area (Å²) < 4.78 is 7.88. The molecule has 2 aromatic carbocycles. The average molecular weight is 436 g/mol. The second-order valence-corrected chi connectivity index (χ2v) is 9.44. The first kappa shape index (κ1) is 21.3. The molecular formula is C25H26ClN3O2. The number of halogens is 1. The number of nitrogens with zero attached hydrogens (tertiary/aromatic N) is 3. The van der Waals surface area contributed by atoms with Crippen LogP contribution in [0.3, 0.4) is 0 Å². The molecule has 1 aliphatic carbocycles. The summed E-state index contributed by atoms with van der Waals surface area (Å²) in [5.41, 5.74) is 2.11. The van der Waals surface area contributed by atoms with E-state index in [0.29, 0.717) is 16.5 Å². The van der Waals surface area contributed by atoms with Crippen molar-refractivity contribution < 1.29 is 9.53 Å². The molecule has 1 atom stereocenters. The summed E-state index contributed by atoms with van der Waals surface area (Å²) in [6.45, 7) is 6.21. The lowest BCUT2D eigenvalue weighted by Gasteiger charge is -2.39. The summed E-state index contributed by atoms with van der Waals surface area (Å²) >= 11 is 6.52. The number of carbonyl (C=O) groups is 1. The lowest BCUT2D eigenvalue weighted by atomic mass is 9.84. The van der Waals surface area contributed by atoms with Crippen LogP contribution in [0.2, 0.25) is 5.02 Å². The number of hydrogen-bond donors (Lipinski definition) is 0. The van der Waals surface area contributed by atoms with Gasteiger partial charge in [0.25, 0.3) is 0 Å². The molecule has 1 fully saturated rings. The van der Waals surface area contributed by atoms with Crippen LogP contribution in [0, 0.1) is 17.8 Å². The molecule has 1 amide bonds. The maximum absolute atomic E-state index is 13.1. The fourth-order valence-electron chi connectivity index (χ4n) is 3.85. The van der Waals surface area contributed by atoms with Gasteiger partial charge in [-0.15, -0.1) is 6.42 Å². The van der Waals surface area contributed by atoms with Crippen LogP contribution in [0.15, 0.2) is 42.5 Å². The Balaban J connectivity index is 1.85. The number of anilines is 1. The molecule has 31 heavy (non-hydrogen) atoms. The highest BCUT2D eigenvalue weighted by atomic mass is 35.5. The van der Waals surface area contributed by atoms with Crippen LogP contribution < -0.4 is 9.64 Å². The number of aryl methyl sites for hydroxylation is 1. The zero-order chi connectivity index (χ0) is 22.3. The third kappa shape index (κ3) is 4.13. The number of imidazole rings is 1. The number of ether oxygens (including phenoxy) is 1. The van der Waals surface area contributed by atoms with Crippen molar-refractivity contribution in [1.29, 1.82) is 0 Å². The second-order valence-electron chi connectivity index (χ2n) is 9.04. The Kier molecular flexibility index (Phi) is 5.45. The van der Waals surface area contributed by atoms with Crippen molar-refractivity contribution >= 4 is 34.2 Å². The molecule has 0 N–H and O–H groups in total. The van der Waals surface area contributed by atoms with Gasteiger partial charge in [-0.25, -0.2) is 4.98 Å². The zero-order valence-corrected chi connectivity index (χ0v) is 19.0. The fourth-order valence-corrected chi connectivity index (χ4v) is 4.07. The maximum Gasteiger partial charge on any atom is 0.303 e. The predicted octanol–water partition coefficient (Wildman–Crippen LogP) is 5.52. The zero-order valence-electron chi connectivity index (χ0n) is 18.2. The van der Waals surface area contributed by atoms with Crippen molar-refractivity contribution in [2.45, 2.75) is 45.8 Å². The normalized spacial score (nSPS) is 14.8. The van der Waals surface area contributed by atoms with Crippen molar-refractivity contribution in [3.8, 4) is 18.1 Å². The molecule has 4 rings (SSSR count). The number of amides is 1. The van der Waals surface area contributed by atoms with Gasteiger partial charge in [-0.05, 0) is 54.5 Å². The molecule has 0 radical (unpaired) electrons. The van der Waals surface area contributed by atoms with Gasteiger partial charge in [0, 0.05) is 12.7 Å². The Labute approximate surface area is 188 Å². The van der Waals surface area contributed by atoms with Crippen LogP contribution in [0.4, 0.5) is 5.69 Å². The Hall–Kier alpha value is -2.97. The third-order valence-corrected chi connectivity index (χ3v) is 5.79. The Morgan fingerprint density at radius 1 is 1.29 bits per heavy atom. The highest BCUT2D eigenvalue weighted by Gasteiger charge is 2.39. The first-order valence-corrected chi connectivity index (χ1v) is 10.8. The first-order chi connectivity index (χ1) is 14.7. The van der Waals surface area contributed by atoms with Gasteiger partial charge < -0.3 is 9.30 Å². The summed E-state index contributed by atoms with van der Waals surface area (Å²) in [4.78, 5) is 19.6. The van der Waals surface area contributed by atoms with Crippen LogP contribution in [0.1, 0.15) is 45.5 Å². The summed E-state index contributed by atoms with van der Waals surface area (Å²) in [6.07, 6.45) is 7.91. The van der Waals surface area contributed by atoms with Crippen molar-refractivity contribution in [2.24, 2.45) is 12.5 Å². The second kappa shape index (κ2) is 7.94. The summed E-state index contributed by atoms with van der Waals surface area (Å²) in [6, 6.07) is 12.9. The molecule has 1 saturated carbocycles. The van der Waals surface area contributed by atoms with Crippen molar-refractivity contribution in [2.75, 3.05) is 4.90 Å². The molecule has 6 heteroatoms. The minimum atomic E-state index is -0.445. The average Bonchev–Trinajstić information content (AvgIpc) is 3.49. The summed E-state index contributed by atoms with van der Waals surface area (Å²) in [5.74, 6) is 3.22. The number of para-hydroxylation sites is 2. The van der Waals surface area contributed by atoms with Crippen LogP contribution in [0.5, 0.6) is 5.75 Å². The van der Waals surface area contributed by atoms with Crippen LogP contribution in [-0.2, 0) is 11.8 Å². The van der Waals surface area contributed by atoms with E-state index in [0.717, 1.165) is 29.7 Å². The molecule has 0 saturated heterocycles. The number of benzene rings is 2. The number of fused-ring (bicyclic) bond motifs is 1. The summed E-state index contributed by atoms with van der Waals surface area (Å²) in [7, 11) is 1.96. The van der Waals surface area contributed by atoms with Crippen LogP contribution in [0.25, 0.3) is 11.0 Å². The SMILES string of the molecule is C#CC(=O)N(c1ccc(OC2CC2)c(Cl)c1)C(c1nc2ccccc2n1C)C(C)(C)C. The molecule has 1 aromatic heterocycles. The molecule has 5 nitrogen and oxygen atoms in total. The number of rotatable bonds is 5. The largest absolute Gasteiger partial charge is 0.489 e. The summed E-state index contributed by atoms with van der Waals surface area (Å²) in [5, 5.41) is 0.455. The molecular weight excluding hydrogens is 410 g/mol. The molecule has 1 heterocycles. The number of carbonyl (C=O) groups excluding carboxylic acids is 1. The van der Waals surface area contributed by atoms with E-state index in [4.69, 9.17) is 27.7 Å². The fraction of sp³-hybridized carbons (Fsp3) is 0.360. The molecule has 1 unspecified atom stereocenters. The first-order valence-electron chi connectivity index (χ1n) is 10.4. The standard InChI is InChI=1S/C25H26ClN3O2/c1-6-22(30)29(16-11-14-21(18(26)15-16)31-17-12-13-17)23(25(2,3)4)24-27-19-9-7-8-10-20(19)28(24)5/h1,7-11,14-15,17,23H,12-13H2,2-5H3. The van der Waals surface area contributed by atoms with Gasteiger partial charge in [0.2, 0.25) is 0 Å². The number of terminal acetylenes is 1. The monoisotopic (exact) mass is 435 g/mol. The molecule has 160 valence electrons. The van der Waals surface area contributed by atoms with Gasteiger partial charge in [0.05, 0.1) is 22.2 Å². The van der Waals surface area contributed by atoms with E-state index in [1.165, 1.54) is 0 Å². The number of aromatic nitrogens is 2. The molecule has 1 aliphatic rings. The van der Waals surface area contributed by atoms with Gasteiger partial charge >= 0.3 is 5.91 Å². The molecule has 0 aliphatic heterocycles. The minimum Gasteiger partial charge on any atom is -0.489 e. The minimum absolute atomic E-state index is 0.231. The van der Waals surface area contributed by atoms with Gasteiger partial charge in [0.15, 0.2) is 0 Å².